The molecule has 0 aromatic carbocycles. The highest BCUT2D eigenvalue weighted by atomic mass is 32.3. The SMILES string of the molecule is CC(C)CCC(=NOS(=O)(=O)O)SC1OC(CO)C(O)C(O)C1O. The summed E-state index contributed by atoms with van der Waals surface area (Å²) in [5.41, 5.74) is -1.11. The Bertz CT molecular complexity index is 523. The predicted molar refractivity (Wildman–Crippen MR) is 85.5 cm³/mol. The number of nitrogens with zero attached hydrogens (tertiary/aromatic N) is 1. The van der Waals surface area contributed by atoms with Gasteiger partial charge in [0.25, 0.3) is 0 Å². The summed E-state index contributed by atoms with van der Waals surface area (Å²) in [7, 11) is -4.78. The molecule has 0 aromatic heterocycles. The van der Waals surface area contributed by atoms with Gasteiger partial charge in [0.05, 0.1) is 6.61 Å². The van der Waals surface area contributed by atoms with Crippen LogP contribution in [0.5, 0.6) is 0 Å². The van der Waals surface area contributed by atoms with Crippen LogP contribution in [0, 0.1) is 5.92 Å². The summed E-state index contributed by atoms with van der Waals surface area (Å²) >= 11 is 0.776. The van der Waals surface area contributed by atoms with Crippen LogP contribution >= 0.6 is 11.8 Å². The molecule has 0 saturated carbocycles. The molecule has 10 nitrogen and oxygen atoms in total. The summed E-state index contributed by atoms with van der Waals surface area (Å²) < 4.78 is 39.2. The fourth-order valence-electron chi connectivity index (χ4n) is 1.93. The summed E-state index contributed by atoms with van der Waals surface area (Å²) in [6.45, 7) is 3.28. The van der Waals surface area contributed by atoms with Crippen LogP contribution < -0.4 is 0 Å². The number of hydrogen-bond acceptors (Lipinski definition) is 10. The Morgan fingerprint density at radius 3 is 2.38 bits per heavy atom. The second-order valence-corrected chi connectivity index (χ2v) is 7.91. The van der Waals surface area contributed by atoms with Gasteiger partial charge in [-0.3, -0.25) is 4.55 Å². The Balaban J connectivity index is 2.86. The van der Waals surface area contributed by atoms with Crippen molar-refractivity contribution >= 4 is 27.2 Å². The predicted octanol–water partition coefficient (Wildman–Crippen LogP) is -0.911. The van der Waals surface area contributed by atoms with Crippen LogP contribution in [0.3, 0.4) is 0 Å². The highest BCUT2D eigenvalue weighted by Gasteiger charge is 2.44. The number of ether oxygens (including phenoxy) is 1. The molecule has 1 aliphatic rings. The summed E-state index contributed by atoms with van der Waals surface area (Å²) in [6, 6.07) is 0. The number of aliphatic hydroxyl groups excluding tert-OH is 4. The molecule has 1 saturated heterocycles. The summed E-state index contributed by atoms with van der Waals surface area (Å²) in [5.74, 6) is 0.260. The van der Waals surface area contributed by atoms with Crippen LogP contribution in [0.15, 0.2) is 5.16 Å². The van der Waals surface area contributed by atoms with Gasteiger partial charge >= 0.3 is 10.4 Å². The van der Waals surface area contributed by atoms with Crippen molar-refractivity contribution in [1.29, 1.82) is 0 Å². The smallest absolute Gasteiger partial charge is 0.394 e. The molecular formula is C12H23NO9S2. The molecule has 1 aliphatic heterocycles. The molecule has 1 heterocycles. The van der Waals surface area contributed by atoms with Crippen LogP contribution in [-0.2, 0) is 19.4 Å². The minimum Gasteiger partial charge on any atom is -0.394 e. The number of oxime groups is 1. The third-order valence-electron chi connectivity index (χ3n) is 3.27. The molecule has 5 atom stereocenters. The number of aliphatic hydroxyl groups is 4. The fraction of sp³-hybridized carbons (Fsp3) is 0.917. The van der Waals surface area contributed by atoms with Crippen molar-refractivity contribution in [3.63, 3.8) is 0 Å². The Labute approximate surface area is 144 Å². The maximum absolute atomic E-state index is 10.7. The molecule has 5 N–H and O–H groups in total. The van der Waals surface area contributed by atoms with Gasteiger partial charge in [-0.25, -0.2) is 4.28 Å². The van der Waals surface area contributed by atoms with Crippen molar-refractivity contribution in [3.05, 3.63) is 0 Å². The van der Waals surface area contributed by atoms with E-state index in [0.717, 1.165) is 11.8 Å². The standard InChI is InChI=1S/C12H23NO9S2/c1-6(2)3-4-8(13-22-24(18,19)20)23-12-11(17)10(16)9(15)7(5-14)21-12/h6-7,9-12,14-17H,3-5H2,1-2H3,(H,18,19,20). The highest BCUT2D eigenvalue weighted by molar-refractivity contribution is 8.14. The van der Waals surface area contributed by atoms with E-state index in [2.05, 4.69) is 9.44 Å². The zero-order valence-corrected chi connectivity index (χ0v) is 14.9. The average Bonchev–Trinajstić information content (AvgIpc) is 2.49. The quantitative estimate of drug-likeness (QED) is 0.159. The Morgan fingerprint density at radius 1 is 1.25 bits per heavy atom. The summed E-state index contributed by atoms with van der Waals surface area (Å²) in [6.07, 6.45) is -4.75. The lowest BCUT2D eigenvalue weighted by Gasteiger charge is -2.39. The van der Waals surface area contributed by atoms with Gasteiger partial charge in [-0.1, -0.05) is 30.8 Å². The molecule has 5 unspecified atom stereocenters. The fourth-order valence-corrected chi connectivity index (χ4v) is 3.24. The monoisotopic (exact) mass is 389 g/mol. The van der Waals surface area contributed by atoms with Gasteiger partial charge in [-0.2, -0.15) is 8.42 Å². The molecule has 0 amide bonds. The van der Waals surface area contributed by atoms with Gasteiger partial charge in [0.1, 0.15) is 34.9 Å². The summed E-state index contributed by atoms with van der Waals surface area (Å²) in [4.78, 5) is 0. The van der Waals surface area contributed by atoms with Gasteiger partial charge < -0.3 is 25.2 Å². The van der Waals surface area contributed by atoms with Crippen molar-refractivity contribution in [3.8, 4) is 0 Å². The van der Waals surface area contributed by atoms with Crippen LogP contribution in [0.1, 0.15) is 26.7 Å². The largest absolute Gasteiger partial charge is 0.466 e. The first-order chi connectivity index (χ1) is 11.0. The molecule has 0 radical (unpaired) electrons. The lowest BCUT2D eigenvalue weighted by atomic mass is 10.0. The lowest BCUT2D eigenvalue weighted by molar-refractivity contribution is -0.205. The first-order valence-corrected chi connectivity index (χ1v) is 9.49. The summed E-state index contributed by atoms with van der Waals surface area (Å²) in [5, 5.41) is 42.0. The van der Waals surface area contributed by atoms with Crippen LogP contribution in [-0.4, -0.2) is 74.9 Å². The minimum atomic E-state index is -4.78. The highest BCUT2D eigenvalue weighted by Crippen LogP contribution is 2.30. The number of thioether (sulfide) groups is 1. The second kappa shape index (κ2) is 9.29. The van der Waals surface area contributed by atoms with Gasteiger partial charge in [-0.05, 0) is 18.8 Å². The van der Waals surface area contributed by atoms with E-state index in [1.807, 2.05) is 13.8 Å². The maximum atomic E-state index is 10.7. The molecule has 0 aromatic rings. The van der Waals surface area contributed by atoms with E-state index in [1.54, 1.807) is 0 Å². The van der Waals surface area contributed by atoms with Crippen molar-refractivity contribution in [1.82, 2.24) is 0 Å². The third-order valence-corrected chi connectivity index (χ3v) is 4.71. The first kappa shape index (κ1) is 21.6. The molecule has 24 heavy (non-hydrogen) atoms. The van der Waals surface area contributed by atoms with E-state index < -0.39 is 46.9 Å². The zero-order valence-electron chi connectivity index (χ0n) is 13.2. The topological polar surface area (TPSA) is 166 Å². The van der Waals surface area contributed by atoms with Crippen molar-refractivity contribution in [2.45, 2.75) is 56.5 Å². The van der Waals surface area contributed by atoms with Crippen molar-refractivity contribution in [2.24, 2.45) is 11.1 Å². The molecule has 142 valence electrons. The van der Waals surface area contributed by atoms with Crippen molar-refractivity contribution in [2.75, 3.05) is 6.61 Å². The second-order valence-electron chi connectivity index (χ2n) is 5.73. The Morgan fingerprint density at radius 2 is 1.88 bits per heavy atom. The zero-order chi connectivity index (χ0) is 18.5. The molecule has 12 heteroatoms. The van der Waals surface area contributed by atoms with Crippen LogP contribution in [0.4, 0.5) is 0 Å². The van der Waals surface area contributed by atoms with E-state index in [4.69, 9.17) is 14.4 Å². The van der Waals surface area contributed by atoms with Gasteiger partial charge in [0, 0.05) is 0 Å². The van der Waals surface area contributed by atoms with E-state index in [1.165, 1.54) is 0 Å². The van der Waals surface area contributed by atoms with Crippen LogP contribution in [0.2, 0.25) is 0 Å². The molecular weight excluding hydrogens is 366 g/mol. The number of rotatable bonds is 7. The molecule has 1 fully saturated rings. The Kier molecular flexibility index (Phi) is 8.35. The normalized spacial score (nSPS) is 32.2. The first-order valence-electron chi connectivity index (χ1n) is 7.25. The molecule has 0 bridgehead atoms. The van der Waals surface area contributed by atoms with E-state index in [0.29, 0.717) is 6.42 Å². The molecule has 0 spiro atoms. The molecule has 1 rings (SSSR count). The van der Waals surface area contributed by atoms with Gasteiger partial charge in [-0.15, -0.1) is 0 Å². The Hall–Kier alpha value is -0.470. The average molecular weight is 389 g/mol. The van der Waals surface area contributed by atoms with E-state index in [-0.39, 0.29) is 17.4 Å². The lowest BCUT2D eigenvalue weighted by Crippen LogP contribution is -2.57. The number of hydrogen-bond donors (Lipinski definition) is 5. The van der Waals surface area contributed by atoms with Gasteiger partial charge in [0.15, 0.2) is 0 Å². The minimum absolute atomic E-state index is 0.102. The van der Waals surface area contributed by atoms with Crippen LogP contribution in [0.25, 0.3) is 0 Å². The van der Waals surface area contributed by atoms with E-state index >= 15 is 0 Å². The van der Waals surface area contributed by atoms with Crippen molar-refractivity contribution < 1.29 is 42.4 Å². The van der Waals surface area contributed by atoms with E-state index in [9.17, 15) is 23.7 Å². The maximum Gasteiger partial charge on any atom is 0.466 e. The molecule has 0 aliphatic carbocycles. The van der Waals surface area contributed by atoms with Gasteiger partial charge in [0.2, 0.25) is 0 Å². The third kappa shape index (κ3) is 6.80.